The quantitative estimate of drug-likeness (QED) is 0.768. The van der Waals surface area contributed by atoms with Crippen LogP contribution in [0.4, 0.5) is 4.79 Å². The Hall–Kier alpha value is -1.61. The van der Waals surface area contributed by atoms with Crippen LogP contribution in [0.3, 0.4) is 0 Å². The van der Waals surface area contributed by atoms with Crippen molar-refractivity contribution < 1.29 is 9.53 Å². The van der Waals surface area contributed by atoms with Crippen molar-refractivity contribution in [2.45, 2.75) is 31.8 Å². The predicted molar refractivity (Wildman–Crippen MR) is 84.0 cm³/mol. The average molecular weight is 364 g/mol. The largest absolute Gasteiger partial charge is 0.444 e. The van der Waals surface area contributed by atoms with Gasteiger partial charge < -0.3 is 9.64 Å². The molecule has 0 bridgehead atoms. The molecule has 3 rings (SSSR count). The number of likely N-dealkylation sites (tertiary alicyclic amines) is 1. The summed E-state index contributed by atoms with van der Waals surface area (Å²) in [6, 6.07) is 6.19. The zero-order chi connectivity index (χ0) is 16.1. The Balaban J connectivity index is 1.75. The summed E-state index contributed by atoms with van der Waals surface area (Å²) in [6.07, 6.45) is 1.41. The molecule has 1 aliphatic heterocycles. The number of nitriles is 1. The number of aromatic nitrogens is 1. The van der Waals surface area contributed by atoms with E-state index in [0.717, 1.165) is 10.2 Å². The number of carbonyl (C=O) groups excluding carboxylic acids is 1. The van der Waals surface area contributed by atoms with Gasteiger partial charge in [-0.25, -0.2) is 4.79 Å². The summed E-state index contributed by atoms with van der Waals surface area (Å²) in [7, 11) is 0. The highest BCUT2D eigenvalue weighted by atomic mass is 79.9. The highest BCUT2D eigenvalue weighted by Gasteiger charge is 2.72. The number of hydrogen-bond donors (Lipinski definition) is 0. The van der Waals surface area contributed by atoms with Crippen LogP contribution in [0, 0.1) is 23.2 Å². The van der Waals surface area contributed by atoms with Gasteiger partial charge in [0, 0.05) is 35.6 Å². The zero-order valence-electron chi connectivity index (χ0n) is 12.8. The lowest BCUT2D eigenvalue weighted by Crippen LogP contribution is -2.39. The Morgan fingerprint density at radius 3 is 2.64 bits per heavy atom. The van der Waals surface area contributed by atoms with E-state index in [-0.39, 0.29) is 17.9 Å². The molecule has 1 aliphatic carbocycles. The summed E-state index contributed by atoms with van der Waals surface area (Å²) in [5, 5.41) is 9.71. The third-order valence-corrected chi connectivity index (χ3v) is 5.01. The fourth-order valence-electron chi connectivity index (χ4n) is 3.37. The van der Waals surface area contributed by atoms with Gasteiger partial charge in [0.25, 0.3) is 0 Å². The molecule has 1 saturated heterocycles. The zero-order valence-corrected chi connectivity index (χ0v) is 14.4. The van der Waals surface area contributed by atoms with Crippen LogP contribution < -0.4 is 0 Å². The standard InChI is InChI=1S/C16H18BrN3O2/c1-15(2,3)22-14(21)20-7-10-11(8-20)16(10,9-18)13-12(17)5-4-6-19-13/h4-6,10-11H,7-8H2,1-3H3/t10-,11?,16+/m0/s1. The number of ether oxygens (including phenoxy) is 1. The predicted octanol–water partition coefficient (Wildman–Crippen LogP) is 3.10. The molecular weight excluding hydrogens is 346 g/mol. The lowest BCUT2D eigenvalue weighted by Gasteiger charge is -2.27. The molecule has 1 aromatic rings. The topological polar surface area (TPSA) is 66.2 Å². The van der Waals surface area contributed by atoms with E-state index in [0.29, 0.717) is 13.1 Å². The number of rotatable bonds is 1. The van der Waals surface area contributed by atoms with E-state index in [1.54, 1.807) is 11.1 Å². The van der Waals surface area contributed by atoms with Crippen molar-refractivity contribution in [2.75, 3.05) is 13.1 Å². The number of hydrogen-bond acceptors (Lipinski definition) is 4. The van der Waals surface area contributed by atoms with Crippen LogP contribution in [-0.2, 0) is 10.2 Å². The van der Waals surface area contributed by atoms with Crippen molar-refractivity contribution in [1.82, 2.24) is 9.88 Å². The number of pyridine rings is 1. The SMILES string of the molecule is CC(C)(C)OC(=O)N1CC2[C@H](C1)[C@@]2(C#N)c1ncccc1Br. The number of fused-ring (bicyclic) bond motifs is 1. The lowest BCUT2D eigenvalue weighted by atomic mass is 9.96. The monoisotopic (exact) mass is 363 g/mol. The van der Waals surface area contributed by atoms with Crippen LogP contribution in [-0.4, -0.2) is 34.7 Å². The van der Waals surface area contributed by atoms with Gasteiger partial charge in [0.05, 0.1) is 11.8 Å². The second kappa shape index (κ2) is 4.95. The fourth-order valence-corrected chi connectivity index (χ4v) is 3.95. The van der Waals surface area contributed by atoms with Gasteiger partial charge in [-0.3, -0.25) is 4.98 Å². The molecule has 1 unspecified atom stereocenters. The van der Waals surface area contributed by atoms with Gasteiger partial charge >= 0.3 is 6.09 Å². The molecule has 1 amide bonds. The lowest BCUT2D eigenvalue weighted by molar-refractivity contribution is 0.0265. The van der Waals surface area contributed by atoms with Crippen molar-refractivity contribution in [3.8, 4) is 6.07 Å². The first-order valence-electron chi connectivity index (χ1n) is 7.30. The molecule has 116 valence electrons. The Kier molecular flexibility index (Phi) is 3.44. The first-order chi connectivity index (χ1) is 10.3. The third-order valence-electron chi connectivity index (χ3n) is 4.37. The molecule has 2 heterocycles. The summed E-state index contributed by atoms with van der Waals surface area (Å²) in [5.41, 5.74) is -0.282. The maximum absolute atomic E-state index is 12.1. The molecule has 6 heteroatoms. The second-order valence-electron chi connectivity index (χ2n) is 6.91. The summed E-state index contributed by atoms with van der Waals surface area (Å²) in [6.45, 7) is 6.66. The summed E-state index contributed by atoms with van der Waals surface area (Å²) >= 11 is 3.49. The van der Waals surface area contributed by atoms with Gasteiger partial charge in [0.15, 0.2) is 0 Å². The number of piperidine rings is 1. The molecule has 2 fully saturated rings. The smallest absolute Gasteiger partial charge is 0.410 e. The second-order valence-corrected chi connectivity index (χ2v) is 7.77. The van der Waals surface area contributed by atoms with E-state index in [2.05, 4.69) is 27.0 Å². The minimum atomic E-state index is -0.571. The third kappa shape index (κ3) is 2.28. The molecule has 0 radical (unpaired) electrons. The first-order valence-corrected chi connectivity index (χ1v) is 8.09. The molecular formula is C16H18BrN3O2. The maximum Gasteiger partial charge on any atom is 0.410 e. The molecule has 0 spiro atoms. The van der Waals surface area contributed by atoms with E-state index in [1.165, 1.54) is 0 Å². The molecule has 3 atom stereocenters. The van der Waals surface area contributed by atoms with E-state index in [4.69, 9.17) is 4.74 Å². The van der Waals surface area contributed by atoms with E-state index in [1.807, 2.05) is 32.9 Å². The molecule has 0 aromatic carbocycles. The van der Waals surface area contributed by atoms with Crippen LogP contribution in [0.25, 0.3) is 0 Å². The van der Waals surface area contributed by atoms with Crippen LogP contribution in [0.2, 0.25) is 0 Å². The Labute approximate surface area is 138 Å². The van der Waals surface area contributed by atoms with Crippen molar-refractivity contribution in [3.63, 3.8) is 0 Å². The summed E-state index contributed by atoms with van der Waals surface area (Å²) in [4.78, 5) is 18.2. The number of halogens is 1. The van der Waals surface area contributed by atoms with Crippen LogP contribution in [0.15, 0.2) is 22.8 Å². The maximum atomic E-state index is 12.1. The highest BCUT2D eigenvalue weighted by molar-refractivity contribution is 9.10. The van der Waals surface area contributed by atoms with Crippen molar-refractivity contribution in [1.29, 1.82) is 5.26 Å². The normalized spacial score (nSPS) is 29.7. The highest BCUT2D eigenvalue weighted by Crippen LogP contribution is 2.63. The minimum Gasteiger partial charge on any atom is -0.444 e. The summed E-state index contributed by atoms with van der Waals surface area (Å²) < 4.78 is 6.26. The average Bonchev–Trinajstić information content (AvgIpc) is 2.80. The Morgan fingerprint density at radius 2 is 2.14 bits per heavy atom. The van der Waals surface area contributed by atoms with Gasteiger partial charge in [0.1, 0.15) is 11.0 Å². The Bertz CT molecular complexity index is 650. The molecule has 0 N–H and O–H groups in total. The number of amides is 1. The molecule has 1 saturated carbocycles. The number of carbonyl (C=O) groups is 1. The van der Waals surface area contributed by atoms with Crippen molar-refractivity contribution in [2.24, 2.45) is 11.8 Å². The van der Waals surface area contributed by atoms with Crippen molar-refractivity contribution >= 4 is 22.0 Å². The van der Waals surface area contributed by atoms with Gasteiger partial charge in [-0.05, 0) is 48.8 Å². The molecule has 1 aromatic heterocycles. The first kappa shape index (κ1) is 15.3. The van der Waals surface area contributed by atoms with Crippen LogP contribution >= 0.6 is 15.9 Å². The van der Waals surface area contributed by atoms with Gasteiger partial charge in [0.2, 0.25) is 0 Å². The van der Waals surface area contributed by atoms with Crippen molar-refractivity contribution in [3.05, 3.63) is 28.5 Å². The van der Waals surface area contributed by atoms with E-state index < -0.39 is 11.0 Å². The van der Waals surface area contributed by atoms with Crippen LogP contribution in [0.5, 0.6) is 0 Å². The van der Waals surface area contributed by atoms with Gasteiger partial charge in [-0.15, -0.1) is 0 Å². The van der Waals surface area contributed by atoms with Crippen LogP contribution in [0.1, 0.15) is 26.5 Å². The van der Waals surface area contributed by atoms with Gasteiger partial charge in [-0.1, -0.05) is 0 Å². The number of nitrogens with zero attached hydrogens (tertiary/aromatic N) is 3. The summed E-state index contributed by atoms with van der Waals surface area (Å²) in [5.74, 6) is 0.271. The molecule has 2 aliphatic rings. The van der Waals surface area contributed by atoms with E-state index >= 15 is 0 Å². The molecule has 5 nitrogen and oxygen atoms in total. The minimum absolute atomic E-state index is 0.135. The Morgan fingerprint density at radius 1 is 1.50 bits per heavy atom. The van der Waals surface area contributed by atoms with Gasteiger partial charge in [-0.2, -0.15) is 5.26 Å². The molecule has 22 heavy (non-hydrogen) atoms. The fraction of sp³-hybridized carbons (Fsp3) is 0.562. The van der Waals surface area contributed by atoms with E-state index in [9.17, 15) is 10.1 Å².